The molecule has 4 nitrogen and oxygen atoms in total. The van der Waals surface area contributed by atoms with Crippen LogP contribution in [-0.4, -0.2) is 33.1 Å². The van der Waals surface area contributed by atoms with Crippen LogP contribution in [0.3, 0.4) is 0 Å². The van der Waals surface area contributed by atoms with Gasteiger partial charge in [-0.05, 0) is 93.2 Å². The lowest BCUT2D eigenvalue weighted by molar-refractivity contribution is -0.111. The zero-order chi connectivity index (χ0) is 22.0. The van der Waals surface area contributed by atoms with Gasteiger partial charge in [0.05, 0.1) is 11.0 Å². The van der Waals surface area contributed by atoms with Crippen LogP contribution in [0.2, 0.25) is 5.15 Å². The highest BCUT2D eigenvalue weighted by atomic mass is 35.5. The number of halogens is 1. The van der Waals surface area contributed by atoms with E-state index in [2.05, 4.69) is 23.7 Å². The Balaban J connectivity index is 1.22. The number of aromatic nitrogens is 2. The number of benzene rings is 1. The highest BCUT2D eigenvalue weighted by Crippen LogP contribution is 2.62. The van der Waals surface area contributed by atoms with E-state index >= 15 is 0 Å². The van der Waals surface area contributed by atoms with Gasteiger partial charge in [0.25, 0.3) is 5.56 Å². The molecule has 4 bridgehead atoms. The molecule has 7 rings (SSSR count). The first-order valence-electron chi connectivity index (χ1n) is 12.9. The largest absolute Gasteiger partial charge is 0.301 e. The normalized spacial score (nSPS) is 36.1. The topological polar surface area (TPSA) is 38.1 Å². The van der Waals surface area contributed by atoms with Crippen molar-refractivity contribution < 1.29 is 0 Å². The van der Waals surface area contributed by atoms with Gasteiger partial charge in [0, 0.05) is 18.1 Å². The maximum absolute atomic E-state index is 13.1. The number of hydrogen-bond acceptors (Lipinski definition) is 3. The summed E-state index contributed by atoms with van der Waals surface area (Å²) in [7, 11) is 0. The Kier molecular flexibility index (Phi) is 5.18. The highest BCUT2D eigenvalue weighted by molar-refractivity contribution is 6.29. The summed E-state index contributed by atoms with van der Waals surface area (Å²) in [5, 5.41) is 0.106. The van der Waals surface area contributed by atoms with Crippen molar-refractivity contribution in [2.24, 2.45) is 23.2 Å². The molecular weight excluding hydrogens is 418 g/mol. The zero-order valence-corrected chi connectivity index (χ0v) is 20.2. The van der Waals surface area contributed by atoms with Gasteiger partial charge in [-0.25, -0.2) is 4.98 Å². The second-order valence-electron chi connectivity index (χ2n) is 11.7. The van der Waals surface area contributed by atoms with Crippen molar-refractivity contribution in [3.05, 3.63) is 39.8 Å². The van der Waals surface area contributed by atoms with Crippen LogP contribution in [0.1, 0.15) is 77.7 Å². The summed E-state index contributed by atoms with van der Waals surface area (Å²) in [6.45, 7) is 6.27. The fourth-order valence-electron chi connectivity index (χ4n) is 8.14. The zero-order valence-electron chi connectivity index (χ0n) is 19.5. The number of rotatable bonds is 4. The lowest BCUT2D eigenvalue weighted by Crippen LogP contribution is -2.55. The summed E-state index contributed by atoms with van der Waals surface area (Å²) in [6.07, 6.45) is 11.7. The fraction of sp³-hybridized carbons (Fsp3) is 0.704. The summed E-state index contributed by atoms with van der Waals surface area (Å²) < 4.78 is 1.98. The van der Waals surface area contributed by atoms with E-state index in [-0.39, 0.29) is 16.8 Å². The van der Waals surface area contributed by atoms with E-state index in [0.717, 1.165) is 41.6 Å². The molecule has 5 aliphatic rings. The van der Waals surface area contributed by atoms with Gasteiger partial charge in [0.15, 0.2) is 5.15 Å². The van der Waals surface area contributed by atoms with Crippen LogP contribution in [0.25, 0.3) is 11.0 Å². The molecule has 2 aliphatic heterocycles. The van der Waals surface area contributed by atoms with Crippen molar-refractivity contribution in [1.29, 1.82) is 0 Å². The summed E-state index contributed by atoms with van der Waals surface area (Å²) >= 11 is 6.28. The predicted octanol–water partition coefficient (Wildman–Crippen LogP) is 6.07. The first kappa shape index (κ1) is 21.2. The van der Waals surface area contributed by atoms with Crippen molar-refractivity contribution in [2.75, 3.05) is 6.54 Å². The Bertz CT molecular complexity index is 1060. The third-order valence-electron chi connectivity index (χ3n) is 9.98. The predicted molar refractivity (Wildman–Crippen MR) is 130 cm³/mol. The standard InChI is InChI=1S/C27H36ClN3O/c1-27(2)18-11-10-17(22(27)14-18)12-13-30-19-6-5-7-20(30)16-21(15-19)31-24-9-4-3-8-23(24)29-25(28)26(31)32/h3-4,8-9,17-22H,5-7,10-16H2,1-2H3. The minimum atomic E-state index is -0.120. The Morgan fingerprint density at radius 3 is 2.50 bits per heavy atom. The first-order chi connectivity index (χ1) is 15.4. The van der Waals surface area contributed by atoms with Crippen LogP contribution in [0.5, 0.6) is 0 Å². The molecule has 5 unspecified atom stereocenters. The van der Waals surface area contributed by atoms with Gasteiger partial charge in [-0.1, -0.05) is 44.0 Å². The van der Waals surface area contributed by atoms with Crippen LogP contribution in [0.4, 0.5) is 0 Å². The molecule has 1 aromatic carbocycles. The Morgan fingerprint density at radius 2 is 1.78 bits per heavy atom. The smallest absolute Gasteiger partial charge is 0.288 e. The van der Waals surface area contributed by atoms with Crippen molar-refractivity contribution in [3.63, 3.8) is 0 Å². The number of para-hydroxylation sites is 2. The Labute approximate surface area is 196 Å². The summed E-state index contributed by atoms with van der Waals surface area (Å²) in [5.74, 6) is 2.85. The molecule has 3 heterocycles. The molecule has 5 heteroatoms. The highest BCUT2D eigenvalue weighted by Gasteiger charge is 2.54. The van der Waals surface area contributed by atoms with E-state index < -0.39 is 0 Å². The van der Waals surface area contributed by atoms with Crippen LogP contribution in [0.15, 0.2) is 29.1 Å². The van der Waals surface area contributed by atoms with E-state index in [1.165, 1.54) is 51.5 Å². The molecular formula is C27H36ClN3O. The average molecular weight is 454 g/mol. The number of piperidine rings is 2. The van der Waals surface area contributed by atoms with Crippen LogP contribution in [0, 0.1) is 23.2 Å². The lowest BCUT2D eigenvalue weighted by atomic mass is 9.45. The minimum absolute atomic E-state index is 0.106. The molecule has 0 radical (unpaired) electrons. The average Bonchev–Trinajstić information content (AvgIpc) is 2.78. The molecule has 0 spiro atoms. The summed E-state index contributed by atoms with van der Waals surface area (Å²) in [5.41, 5.74) is 2.21. The third-order valence-corrected chi connectivity index (χ3v) is 10.2. The molecule has 2 saturated heterocycles. The maximum atomic E-state index is 13.1. The number of fused-ring (bicyclic) bond motifs is 5. The molecule has 32 heavy (non-hydrogen) atoms. The molecule has 3 saturated carbocycles. The van der Waals surface area contributed by atoms with Gasteiger partial charge in [-0.15, -0.1) is 0 Å². The van der Waals surface area contributed by atoms with Crippen molar-refractivity contribution in [2.45, 2.75) is 89.8 Å². The lowest BCUT2D eigenvalue weighted by Gasteiger charge is -2.60. The van der Waals surface area contributed by atoms with E-state index in [1.807, 2.05) is 28.8 Å². The van der Waals surface area contributed by atoms with E-state index in [9.17, 15) is 4.79 Å². The molecule has 172 valence electrons. The van der Waals surface area contributed by atoms with E-state index in [0.29, 0.717) is 17.5 Å². The second-order valence-corrected chi connectivity index (χ2v) is 12.0. The molecule has 5 atom stereocenters. The van der Waals surface area contributed by atoms with Gasteiger partial charge in [-0.3, -0.25) is 9.69 Å². The first-order valence-corrected chi connectivity index (χ1v) is 13.2. The van der Waals surface area contributed by atoms with Crippen molar-refractivity contribution in [1.82, 2.24) is 14.5 Å². The van der Waals surface area contributed by atoms with Crippen LogP contribution >= 0.6 is 11.6 Å². The SMILES string of the molecule is CC1(C)C2CCC(CCN3C4CCCC3CC(n3c(=O)c(Cl)nc5ccccc53)C4)C1C2. The quantitative estimate of drug-likeness (QED) is 0.563. The van der Waals surface area contributed by atoms with Crippen molar-refractivity contribution >= 4 is 22.6 Å². The molecule has 1 aromatic heterocycles. The van der Waals surface area contributed by atoms with Crippen LogP contribution in [-0.2, 0) is 0 Å². The van der Waals surface area contributed by atoms with Gasteiger partial charge >= 0.3 is 0 Å². The number of nitrogens with zero attached hydrogens (tertiary/aromatic N) is 3. The maximum Gasteiger partial charge on any atom is 0.288 e. The molecule has 5 fully saturated rings. The van der Waals surface area contributed by atoms with Gasteiger partial charge in [0.2, 0.25) is 0 Å². The Hall–Kier alpha value is -1.39. The monoisotopic (exact) mass is 453 g/mol. The summed E-state index contributed by atoms with van der Waals surface area (Å²) in [4.78, 5) is 20.3. The second kappa shape index (κ2) is 7.84. The van der Waals surface area contributed by atoms with Gasteiger partial charge in [-0.2, -0.15) is 0 Å². The van der Waals surface area contributed by atoms with E-state index in [1.54, 1.807) is 0 Å². The summed E-state index contributed by atoms with van der Waals surface area (Å²) in [6, 6.07) is 9.37. The van der Waals surface area contributed by atoms with Crippen LogP contribution < -0.4 is 5.56 Å². The molecule has 3 aliphatic carbocycles. The minimum Gasteiger partial charge on any atom is -0.301 e. The molecule has 2 aromatic rings. The van der Waals surface area contributed by atoms with E-state index in [4.69, 9.17) is 11.6 Å². The van der Waals surface area contributed by atoms with Crippen molar-refractivity contribution in [3.8, 4) is 0 Å². The number of hydrogen-bond donors (Lipinski definition) is 0. The molecule has 0 N–H and O–H groups in total. The fourth-order valence-corrected chi connectivity index (χ4v) is 8.32. The van der Waals surface area contributed by atoms with Gasteiger partial charge in [0.1, 0.15) is 0 Å². The molecule has 0 amide bonds. The third kappa shape index (κ3) is 3.27. The Morgan fingerprint density at radius 1 is 1.03 bits per heavy atom. The van der Waals surface area contributed by atoms with Gasteiger partial charge < -0.3 is 4.57 Å².